The van der Waals surface area contributed by atoms with Gasteiger partial charge in [0.1, 0.15) is 6.04 Å². The number of unbranched alkanes of at least 4 members (excludes halogenated alkanes) is 15. The third kappa shape index (κ3) is 13.9. The van der Waals surface area contributed by atoms with Gasteiger partial charge in [-0.05, 0) is 25.7 Å². The number of carbonyl (C=O) groups is 2. The molecule has 1 unspecified atom stereocenters. The number of carbonyl (C=O) groups excluding carboxylic acids is 2. The van der Waals surface area contributed by atoms with E-state index in [0.717, 1.165) is 38.5 Å². The van der Waals surface area contributed by atoms with Gasteiger partial charge in [0, 0.05) is 13.0 Å². The van der Waals surface area contributed by atoms with Crippen LogP contribution in [0.2, 0.25) is 0 Å². The van der Waals surface area contributed by atoms with Crippen LogP contribution in [0.1, 0.15) is 142 Å². The predicted octanol–water partition coefficient (Wildman–Crippen LogP) is 7.58. The molecule has 0 radical (unpaired) electrons. The lowest BCUT2D eigenvalue weighted by atomic mass is 10.1. The molecule has 1 atom stereocenters. The van der Waals surface area contributed by atoms with Crippen LogP contribution in [0.4, 0.5) is 0 Å². The number of rotatable bonds is 20. The highest BCUT2D eigenvalue weighted by Gasteiger charge is 2.34. The largest absolute Gasteiger partial charge is 0.464 e. The van der Waals surface area contributed by atoms with Gasteiger partial charge in [-0.3, -0.25) is 4.79 Å². The molecule has 0 saturated carbocycles. The highest BCUT2D eigenvalue weighted by Crippen LogP contribution is 2.21. The SMILES string of the molecule is CCCCCCCCCCCCCCOC(=O)C1CCCN1C(=O)CCCCCCC. The maximum Gasteiger partial charge on any atom is 0.328 e. The first-order chi connectivity index (χ1) is 15.2. The maximum atomic E-state index is 12.5. The summed E-state index contributed by atoms with van der Waals surface area (Å²) in [4.78, 5) is 26.7. The van der Waals surface area contributed by atoms with Crippen LogP contribution in [-0.4, -0.2) is 36.0 Å². The Morgan fingerprint density at radius 3 is 1.74 bits per heavy atom. The van der Waals surface area contributed by atoms with Crippen molar-refractivity contribution in [3.8, 4) is 0 Å². The molecule has 0 aliphatic carbocycles. The fraction of sp³-hybridized carbons (Fsp3) is 0.926. The molecule has 1 fully saturated rings. The quantitative estimate of drug-likeness (QED) is 0.146. The van der Waals surface area contributed by atoms with Crippen LogP contribution in [0.5, 0.6) is 0 Å². The van der Waals surface area contributed by atoms with Crippen LogP contribution in [-0.2, 0) is 14.3 Å². The molecule has 0 aromatic carbocycles. The molecule has 0 bridgehead atoms. The van der Waals surface area contributed by atoms with Crippen molar-refractivity contribution in [1.82, 2.24) is 4.90 Å². The summed E-state index contributed by atoms with van der Waals surface area (Å²) in [7, 11) is 0. The average molecular weight is 438 g/mol. The van der Waals surface area contributed by atoms with Crippen molar-refractivity contribution in [3.63, 3.8) is 0 Å². The Bertz CT molecular complexity index is 452. The van der Waals surface area contributed by atoms with Gasteiger partial charge in [0.05, 0.1) is 6.61 Å². The molecule has 0 N–H and O–H groups in total. The molecule has 0 spiro atoms. The molecule has 1 rings (SSSR count). The lowest BCUT2D eigenvalue weighted by Gasteiger charge is -2.23. The molecule has 31 heavy (non-hydrogen) atoms. The summed E-state index contributed by atoms with van der Waals surface area (Å²) in [6, 6.07) is -0.333. The van der Waals surface area contributed by atoms with E-state index in [2.05, 4.69) is 13.8 Å². The minimum absolute atomic E-state index is 0.140. The highest BCUT2D eigenvalue weighted by atomic mass is 16.5. The van der Waals surface area contributed by atoms with Crippen molar-refractivity contribution < 1.29 is 14.3 Å². The van der Waals surface area contributed by atoms with E-state index in [0.29, 0.717) is 19.6 Å². The second kappa shape index (κ2) is 19.6. The van der Waals surface area contributed by atoms with E-state index in [-0.39, 0.29) is 17.9 Å². The Morgan fingerprint density at radius 1 is 0.710 bits per heavy atom. The lowest BCUT2D eigenvalue weighted by molar-refractivity contribution is -0.153. The maximum absolute atomic E-state index is 12.5. The van der Waals surface area contributed by atoms with Crippen LogP contribution in [0, 0.1) is 0 Å². The smallest absolute Gasteiger partial charge is 0.328 e. The summed E-state index contributed by atoms with van der Waals surface area (Å²) >= 11 is 0. The van der Waals surface area contributed by atoms with E-state index < -0.39 is 0 Å². The van der Waals surface area contributed by atoms with Gasteiger partial charge in [-0.15, -0.1) is 0 Å². The first kappa shape index (κ1) is 28.0. The molecule has 1 saturated heterocycles. The Kier molecular flexibility index (Phi) is 17.7. The van der Waals surface area contributed by atoms with Gasteiger partial charge in [0.2, 0.25) is 5.91 Å². The van der Waals surface area contributed by atoms with Gasteiger partial charge in [-0.2, -0.15) is 0 Å². The Hall–Kier alpha value is -1.06. The minimum atomic E-state index is -0.333. The van der Waals surface area contributed by atoms with Gasteiger partial charge in [0.15, 0.2) is 0 Å². The standard InChI is InChI=1S/C27H51NO3/c1-3-5-7-9-10-11-12-13-14-15-17-19-24-31-27(30)25-21-20-23-28(25)26(29)22-18-16-8-6-4-2/h25H,3-24H2,1-2H3. The van der Waals surface area contributed by atoms with Crippen molar-refractivity contribution in [2.45, 2.75) is 148 Å². The van der Waals surface area contributed by atoms with Crippen molar-refractivity contribution in [2.24, 2.45) is 0 Å². The van der Waals surface area contributed by atoms with Crippen LogP contribution in [0.25, 0.3) is 0 Å². The molecule has 1 aliphatic rings. The first-order valence-corrected chi connectivity index (χ1v) is 13.7. The van der Waals surface area contributed by atoms with Crippen LogP contribution in [0.15, 0.2) is 0 Å². The molecular weight excluding hydrogens is 386 g/mol. The zero-order chi connectivity index (χ0) is 22.6. The third-order valence-corrected chi connectivity index (χ3v) is 6.58. The second-order valence-electron chi connectivity index (χ2n) is 9.47. The molecule has 4 nitrogen and oxygen atoms in total. The average Bonchev–Trinajstić information content (AvgIpc) is 3.27. The Balaban J connectivity index is 2.01. The molecule has 4 heteroatoms. The number of amides is 1. The van der Waals surface area contributed by atoms with E-state index in [4.69, 9.17) is 4.74 Å². The zero-order valence-corrected chi connectivity index (χ0v) is 20.8. The summed E-state index contributed by atoms with van der Waals surface area (Å²) in [5.41, 5.74) is 0. The second-order valence-corrected chi connectivity index (χ2v) is 9.47. The van der Waals surface area contributed by atoms with E-state index in [1.807, 2.05) is 0 Å². The van der Waals surface area contributed by atoms with E-state index in [9.17, 15) is 9.59 Å². The number of likely N-dealkylation sites (tertiary alicyclic amines) is 1. The molecule has 0 aromatic rings. The highest BCUT2D eigenvalue weighted by molar-refractivity contribution is 5.85. The summed E-state index contributed by atoms with van der Waals surface area (Å²) in [5.74, 6) is -0.0405. The zero-order valence-electron chi connectivity index (χ0n) is 20.8. The number of nitrogens with zero attached hydrogens (tertiary/aromatic N) is 1. The van der Waals surface area contributed by atoms with Gasteiger partial charge < -0.3 is 9.64 Å². The van der Waals surface area contributed by atoms with Crippen molar-refractivity contribution in [2.75, 3.05) is 13.2 Å². The van der Waals surface area contributed by atoms with Gasteiger partial charge in [0.25, 0.3) is 0 Å². The van der Waals surface area contributed by atoms with Gasteiger partial charge >= 0.3 is 5.97 Å². The molecule has 1 aliphatic heterocycles. The first-order valence-electron chi connectivity index (χ1n) is 13.7. The minimum Gasteiger partial charge on any atom is -0.464 e. The van der Waals surface area contributed by atoms with E-state index >= 15 is 0 Å². The third-order valence-electron chi connectivity index (χ3n) is 6.58. The molecular formula is C27H51NO3. The molecule has 0 aromatic heterocycles. The summed E-state index contributed by atoms with van der Waals surface area (Å²) in [5, 5.41) is 0. The number of hydrogen-bond donors (Lipinski definition) is 0. The topological polar surface area (TPSA) is 46.6 Å². The summed E-state index contributed by atoms with van der Waals surface area (Å²) in [6.07, 6.45) is 23.6. The summed E-state index contributed by atoms with van der Waals surface area (Å²) < 4.78 is 5.52. The molecule has 1 heterocycles. The van der Waals surface area contributed by atoms with Crippen molar-refractivity contribution >= 4 is 11.9 Å². The van der Waals surface area contributed by atoms with Gasteiger partial charge in [-0.1, -0.05) is 110 Å². The fourth-order valence-corrected chi connectivity index (χ4v) is 4.55. The van der Waals surface area contributed by atoms with E-state index in [1.165, 1.54) is 83.5 Å². The van der Waals surface area contributed by atoms with Crippen LogP contribution >= 0.6 is 0 Å². The van der Waals surface area contributed by atoms with Crippen LogP contribution in [0.3, 0.4) is 0 Å². The number of esters is 1. The van der Waals surface area contributed by atoms with Crippen LogP contribution < -0.4 is 0 Å². The normalized spacial score (nSPS) is 16.1. The predicted molar refractivity (Wildman–Crippen MR) is 130 cm³/mol. The molecule has 1 amide bonds. The lowest BCUT2D eigenvalue weighted by Crippen LogP contribution is -2.41. The molecule has 182 valence electrons. The Labute approximate surface area is 192 Å². The van der Waals surface area contributed by atoms with Crippen molar-refractivity contribution in [3.05, 3.63) is 0 Å². The fourth-order valence-electron chi connectivity index (χ4n) is 4.55. The van der Waals surface area contributed by atoms with Crippen molar-refractivity contribution in [1.29, 1.82) is 0 Å². The number of hydrogen-bond acceptors (Lipinski definition) is 3. The summed E-state index contributed by atoms with van der Waals surface area (Å²) in [6.45, 7) is 5.68. The monoisotopic (exact) mass is 437 g/mol. The Morgan fingerprint density at radius 2 is 1.19 bits per heavy atom. The number of ether oxygens (including phenoxy) is 1. The van der Waals surface area contributed by atoms with Gasteiger partial charge in [-0.25, -0.2) is 4.79 Å². The van der Waals surface area contributed by atoms with E-state index in [1.54, 1.807) is 4.90 Å².